The van der Waals surface area contributed by atoms with Crippen LogP contribution in [0.4, 0.5) is 5.95 Å². The largest absolute Gasteiger partial charge is 0.378 e. The molecule has 0 aliphatic carbocycles. The first-order valence-electron chi connectivity index (χ1n) is 9.49. The van der Waals surface area contributed by atoms with Gasteiger partial charge >= 0.3 is 0 Å². The van der Waals surface area contributed by atoms with Gasteiger partial charge in [-0.25, -0.2) is 4.68 Å². The summed E-state index contributed by atoms with van der Waals surface area (Å²) in [4.78, 5) is 2.22. The molecule has 0 radical (unpaired) electrons. The lowest BCUT2D eigenvalue weighted by molar-refractivity contribution is 0.122. The first-order valence-corrected chi connectivity index (χ1v) is 10.5. The van der Waals surface area contributed by atoms with Crippen molar-refractivity contribution >= 4 is 17.7 Å². The van der Waals surface area contributed by atoms with Crippen molar-refractivity contribution in [3.8, 4) is 5.69 Å². The minimum atomic E-state index is 0.639. The van der Waals surface area contributed by atoms with E-state index in [1.165, 1.54) is 5.56 Å². The van der Waals surface area contributed by atoms with Crippen molar-refractivity contribution < 1.29 is 4.74 Å². The summed E-state index contributed by atoms with van der Waals surface area (Å²) in [5, 5.41) is 21.8. The Bertz CT molecular complexity index is 901. The number of morpholine rings is 1. The molecule has 1 aliphatic rings. The minimum absolute atomic E-state index is 0.639. The molecule has 3 aromatic rings. The van der Waals surface area contributed by atoms with Crippen LogP contribution in [-0.4, -0.2) is 61.3 Å². The van der Waals surface area contributed by atoms with Crippen LogP contribution in [0.15, 0.2) is 29.4 Å². The number of hydrogen-bond donors (Lipinski definition) is 0. The van der Waals surface area contributed by atoms with E-state index >= 15 is 0 Å². The molecule has 28 heavy (non-hydrogen) atoms. The fourth-order valence-electron chi connectivity index (χ4n) is 3.08. The molecule has 0 amide bonds. The Balaban J connectivity index is 1.63. The van der Waals surface area contributed by atoms with Crippen molar-refractivity contribution in [2.75, 3.05) is 31.2 Å². The number of tetrazole rings is 1. The third-order valence-corrected chi connectivity index (χ3v) is 5.50. The van der Waals surface area contributed by atoms with Crippen LogP contribution in [0.5, 0.6) is 0 Å². The zero-order valence-corrected chi connectivity index (χ0v) is 17.0. The molecule has 0 unspecified atom stereocenters. The number of nitrogens with zero attached hydrogens (tertiary/aromatic N) is 8. The second-order valence-electron chi connectivity index (χ2n) is 6.66. The molecule has 4 rings (SSSR count). The summed E-state index contributed by atoms with van der Waals surface area (Å²) in [6.07, 6.45) is 0.990. The van der Waals surface area contributed by atoms with Crippen molar-refractivity contribution in [2.45, 2.75) is 37.7 Å². The number of ether oxygens (including phenoxy) is 1. The zero-order valence-electron chi connectivity index (χ0n) is 16.2. The Labute approximate surface area is 168 Å². The Morgan fingerprint density at radius 3 is 2.61 bits per heavy atom. The molecule has 0 spiro atoms. The number of thioether (sulfide) groups is 1. The molecular weight excluding hydrogens is 376 g/mol. The van der Waals surface area contributed by atoms with Gasteiger partial charge in [-0.3, -0.25) is 4.57 Å². The molecule has 0 saturated carbocycles. The van der Waals surface area contributed by atoms with E-state index in [2.05, 4.69) is 73.3 Å². The first-order chi connectivity index (χ1) is 13.8. The quantitative estimate of drug-likeness (QED) is 0.557. The topological polar surface area (TPSA) is 86.8 Å². The second kappa shape index (κ2) is 8.70. The summed E-state index contributed by atoms with van der Waals surface area (Å²) in [7, 11) is 0. The Kier molecular flexibility index (Phi) is 5.87. The highest BCUT2D eigenvalue weighted by Gasteiger charge is 2.22. The van der Waals surface area contributed by atoms with Gasteiger partial charge < -0.3 is 9.64 Å². The number of benzene rings is 1. The summed E-state index contributed by atoms with van der Waals surface area (Å²) in [5.74, 6) is 2.33. The maximum Gasteiger partial charge on any atom is 0.232 e. The molecule has 0 atom stereocenters. The minimum Gasteiger partial charge on any atom is -0.378 e. The summed E-state index contributed by atoms with van der Waals surface area (Å²) >= 11 is 1.60. The normalized spacial score (nSPS) is 14.6. The highest BCUT2D eigenvalue weighted by Crippen LogP contribution is 2.29. The van der Waals surface area contributed by atoms with Crippen LogP contribution in [0.1, 0.15) is 24.7 Å². The van der Waals surface area contributed by atoms with E-state index < -0.39 is 0 Å². The van der Waals surface area contributed by atoms with Gasteiger partial charge in [0.1, 0.15) is 0 Å². The predicted octanol–water partition coefficient (Wildman–Crippen LogP) is 2.10. The molecule has 0 N–H and O–H groups in total. The summed E-state index contributed by atoms with van der Waals surface area (Å²) in [5.41, 5.74) is 2.27. The Hall–Kier alpha value is -2.46. The van der Waals surface area contributed by atoms with Crippen LogP contribution in [0.2, 0.25) is 0 Å². The van der Waals surface area contributed by atoms with Crippen LogP contribution >= 0.6 is 11.8 Å². The first kappa shape index (κ1) is 18.9. The van der Waals surface area contributed by atoms with E-state index in [1.807, 2.05) is 4.68 Å². The maximum atomic E-state index is 5.49. The molecule has 1 fully saturated rings. The third kappa shape index (κ3) is 4.02. The van der Waals surface area contributed by atoms with Crippen molar-refractivity contribution in [3.63, 3.8) is 0 Å². The zero-order chi connectivity index (χ0) is 19.3. The van der Waals surface area contributed by atoms with Gasteiger partial charge in [0, 0.05) is 19.6 Å². The van der Waals surface area contributed by atoms with Crippen LogP contribution in [0, 0.1) is 6.92 Å². The lowest BCUT2D eigenvalue weighted by atomic mass is 10.2. The fourth-order valence-corrected chi connectivity index (χ4v) is 3.96. The monoisotopic (exact) mass is 400 g/mol. The van der Waals surface area contributed by atoms with E-state index in [9.17, 15) is 0 Å². The summed E-state index contributed by atoms with van der Waals surface area (Å²) < 4.78 is 9.46. The van der Waals surface area contributed by atoms with Gasteiger partial charge in [0.05, 0.1) is 24.7 Å². The Morgan fingerprint density at radius 1 is 1.07 bits per heavy atom. The van der Waals surface area contributed by atoms with Crippen LogP contribution in [0.25, 0.3) is 5.69 Å². The lowest BCUT2D eigenvalue weighted by Crippen LogP contribution is -2.37. The fraction of sp³-hybridized carbons (Fsp3) is 0.500. The lowest BCUT2D eigenvalue weighted by Gasteiger charge is -2.27. The highest BCUT2D eigenvalue weighted by atomic mass is 32.2. The molecule has 1 aliphatic heterocycles. The average molecular weight is 401 g/mol. The van der Waals surface area contributed by atoms with Crippen molar-refractivity contribution in [3.05, 3.63) is 35.7 Å². The number of anilines is 1. The third-order valence-electron chi connectivity index (χ3n) is 4.57. The standard InChI is InChI=1S/C18H24N8OS/c1-3-8-25-16(19-22-23-25)13-28-18-21-20-17(24-9-11-27-12-10-24)26(18)15-6-4-14(2)5-7-15/h4-7H,3,8-13H2,1-2H3. The van der Waals surface area contributed by atoms with Crippen LogP contribution < -0.4 is 4.90 Å². The van der Waals surface area contributed by atoms with E-state index in [1.54, 1.807) is 11.8 Å². The molecule has 148 valence electrons. The maximum absolute atomic E-state index is 5.49. The van der Waals surface area contributed by atoms with E-state index in [0.29, 0.717) is 19.0 Å². The van der Waals surface area contributed by atoms with Crippen molar-refractivity contribution in [2.24, 2.45) is 0 Å². The SMILES string of the molecule is CCCn1nnnc1CSc1nnc(N2CCOCC2)n1-c1ccc(C)cc1. The molecule has 10 heteroatoms. The van der Waals surface area contributed by atoms with Crippen LogP contribution in [0.3, 0.4) is 0 Å². The van der Waals surface area contributed by atoms with Crippen molar-refractivity contribution in [1.82, 2.24) is 35.0 Å². The number of aromatic nitrogens is 7. The number of rotatable bonds is 7. The molecule has 9 nitrogen and oxygen atoms in total. The van der Waals surface area contributed by atoms with Gasteiger partial charge in [0.25, 0.3) is 0 Å². The summed E-state index contributed by atoms with van der Waals surface area (Å²) in [6.45, 7) is 8.03. The molecule has 3 heterocycles. The molecule has 1 aromatic carbocycles. The van der Waals surface area contributed by atoms with Gasteiger partial charge in [0.15, 0.2) is 11.0 Å². The van der Waals surface area contributed by atoms with Crippen molar-refractivity contribution in [1.29, 1.82) is 0 Å². The molecule has 1 saturated heterocycles. The number of aryl methyl sites for hydroxylation is 2. The number of hydrogen-bond acceptors (Lipinski definition) is 8. The molecule has 2 aromatic heterocycles. The van der Waals surface area contributed by atoms with Gasteiger partial charge in [-0.1, -0.05) is 36.4 Å². The smallest absolute Gasteiger partial charge is 0.232 e. The van der Waals surface area contributed by atoms with E-state index in [-0.39, 0.29) is 0 Å². The van der Waals surface area contributed by atoms with Gasteiger partial charge in [0.2, 0.25) is 5.95 Å². The predicted molar refractivity (Wildman–Crippen MR) is 107 cm³/mol. The molecular formula is C18H24N8OS. The Morgan fingerprint density at radius 2 is 1.86 bits per heavy atom. The second-order valence-corrected chi connectivity index (χ2v) is 7.60. The van der Waals surface area contributed by atoms with Gasteiger partial charge in [-0.2, -0.15) is 0 Å². The average Bonchev–Trinajstić information content (AvgIpc) is 3.35. The van der Waals surface area contributed by atoms with Gasteiger partial charge in [-0.05, 0) is 35.9 Å². The summed E-state index contributed by atoms with van der Waals surface area (Å²) in [6, 6.07) is 8.42. The van der Waals surface area contributed by atoms with Crippen LogP contribution in [-0.2, 0) is 17.0 Å². The highest BCUT2D eigenvalue weighted by molar-refractivity contribution is 7.98. The van der Waals surface area contributed by atoms with E-state index in [4.69, 9.17) is 4.74 Å². The van der Waals surface area contributed by atoms with Gasteiger partial charge in [-0.15, -0.1) is 15.3 Å². The van der Waals surface area contributed by atoms with E-state index in [0.717, 1.165) is 48.7 Å². The molecule has 0 bridgehead atoms.